The Labute approximate surface area is 161 Å². The van der Waals surface area contributed by atoms with Crippen LogP contribution in [0.15, 0.2) is 61.1 Å². The fourth-order valence-electron chi connectivity index (χ4n) is 3.58. The van der Waals surface area contributed by atoms with E-state index in [1.165, 1.54) is 16.5 Å². The van der Waals surface area contributed by atoms with Crippen LogP contribution in [0, 0.1) is 6.92 Å². The van der Waals surface area contributed by atoms with Crippen LogP contribution in [-0.2, 0) is 6.42 Å². The van der Waals surface area contributed by atoms with E-state index in [9.17, 15) is 0 Å². The second-order valence-corrected chi connectivity index (χ2v) is 7.00. The summed E-state index contributed by atoms with van der Waals surface area (Å²) in [5, 5.41) is 5.57. The van der Waals surface area contributed by atoms with Crippen LogP contribution < -0.4 is 11.1 Å². The average molecular weight is 368 g/mol. The lowest BCUT2D eigenvalue weighted by molar-refractivity contribution is 1.09. The van der Waals surface area contributed by atoms with Crippen molar-refractivity contribution in [3.8, 4) is 0 Å². The number of benzene rings is 2. The molecule has 0 atom stereocenters. The Morgan fingerprint density at radius 1 is 1.04 bits per heavy atom. The standard InChI is InChI=1S/C22H20N6/c1-13-2-4-19(17-7-9-25-20(13)17)27-22-26-12-16(21(23)28-22)11-14-3-5-18-15(10-14)6-8-24-18/h2-10,12,24-25H,11H2,1H3,(H3,23,26,27,28). The van der Waals surface area contributed by atoms with Crippen LogP contribution in [0.1, 0.15) is 16.7 Å². The Kier molecular flexibility index (Phi) is 3.76. The number of aromatic amines is 2. The number of fused-ring (bicyclic) bond motifs is 2. The second kappa shape index (κ2) is 6.42. The van der Waals surface area contributed by atoms with Crippen LogP contribution in [0.25, 0.3) is 21.8 Å². The molecule has 3 aromatic heterocycles. The highest BCUT2D eigenvalue weighted by Crippen LogP contribution is 2.28. The third-order valence-corrected chi connectivity index (χ3v) is 5.09. The maximum Gasteiger partial charge on any atom is 0.229 e. The maximum atomic E-state index is 6.23. The fourth-order valence-corrected chi connectivity index (χ4v) is 3.58. The van der Waals surface area contributed by atoms with Crippen molar-refractivity contribution in [1.82, 2.24) is 19.9 Å². The van der Waals surface area contributed by atoms with Crippen LogP contribution in [0.2, 0.25) is 0 Å². The molecule has 0 saturated carbocycles. The van der Waals surface area contributed by atoms with Crippen molar-refractivity contribution in [3.63, 3.8) is 0 Å². The Bertz CT molecular complexity index is 1300. The van der Waals surface area contributed by atoms with Crippen LogP contribution in [0.5, 0.6) is 0 Å². The van der Waals surface area contributed by atoms with Gasteiger partial charge in [0.25, 0.3) is 0 Å². The van der Waals surface area contributed by atoms with Gasteiger partial charge in [0.2, 0.25) is 5.95 Å². The van der Waals surface area contributed by atoms with Crippen molar-refractivity contribution in [3.05, 3.63) is 77.7 Å². The van der Waals surface area contributed by atoms with Gasteiger partial charge < -0.3 is 21.0 Å². The van der Waals surface area contributed by atoms with E-state index in [0.29, 0.717) is 18.2 Å². The minimum Gasteiger partial charge on any atom is -0.383 e. The number of hydrogen-bond donors (Lipinski definition) is 4. The van der Waals surface area contributed by atoms with Crippen LogP contribution in [-0.4, -0.2) is 19.9 Å². The first-order valence-corrected chi connectivity index (χ1v) is 9.18. The summed E-state index contributed by atoms with van der Waals surface area (Å²) >= 11 is 0. The Hall–Kier alpha value is -3.80. The molecule has 0 aliphatic heterocycles. The van der Waals surface area contributed by atoms with Crippen molar-refractivity contribution in [1.29, 1.82) is 0 Å². The third kappa shape index (κ3) is 2.85. The zero-order valence-corrected chi connectivity index (χ0v) is 15.5. The molecule has 0 unspecified atom stereocenters. The SMILES string of the molecule is Cc1ccc(Nc2ncc(Cc3ccc4[nH]ccc4c3)c(N)n2)c2cc[nH]c12. The highest BCUT2D eigenvalue weighted by atomic mass is 15.1. The molecule has 5 N–H and O–H groups in total. The van der Waals surface area contributed by atoms with Crippen molar-refractivity contribution < 1.29 is 0 Å². The smallest absolute Gasteiger partial charge is 0.229 e. The first kappa shape index (κ1) is 16.4. The lowest BCUT2D eigenvalue weighted by Crippen LogP contribution is -2.05. The molecule has 138 valence electrons. The first-order chi connectivity index (χ1) is 13.7. The second-order valence-electron chi connectivity index (χ2n) is 7.00. The number of hydrogen-bond acceptors (Lipinski definition) is 4. The largest absolute Gasteiger partial charge is 0.383 e. The molecule has 6 heteroatoms. The zero-order chi connectivity index (χ0) is 19.1. The van der Waals surface area contributed by atoms with Crippen molar-refractivity contribution >= 4 is 39.3 Å². The molecule has 3 heterocycles. The molecular formula is C22H20N6. The van der Waals surface area contributed by atoms with Gasteiger partial charge in [0.1, 0.15) is 5.82 Å². The molecule has 28 heavy (non-hydrogen) atoms. The number of aryl methyl sites for hydroxylation is 1. The van der Waals surface area contributed by atoms with E-state index in [-0.39, 0.29) is 0 Å². The summed E-state index contributed by atoms with van der Waals surface area (Å²) in [5.74, 6) is 0.984. The van der Waals surface area contributed by atoms with Gasteiger partial charge in [-0.05, 0) is 53.8 Å². The number of H-pyrrole nitrogens is 2. The Morgan fingerprint density at radius 3 is 2.82 bits per heavy atom. The van der Waals surface area contributed by atoms with E-state index in [2.05, 4.69) is 62.5 Å². The molecule has 5 rings (SSSR count). The van der Waals surface area contributed by atoms with Gasteiger partial charge >= 0.3 is 0 Å². The molecular weight excluding hydrogens is 348 g/mol. The van der Waals surface area contributed by atoms with E-state index in [0.717, 1.165) is 27.7 Å². The normalized spacial score (nSPS) is 11.3. The molecule has 0 spiro atoms. The van der Waals surface area contributed by atoms with Gasteiger partial charge in [0.15, 0.2) is 0 Å². The number of rotatable bonds is 4. The molecule has 0 bridgehead atoms. The van der Waals surface area contributed by atoms with E-state index in [4.69, 9.17) is 5.73 Å². The molecule has 0 saturated heterocycles. The summed E-state index contributed by atoms with van der Waals surface area (Å²) in [6.45, 7) is 2.08. The summed E-state index contributed by atoms with van der Waals surface area (Å²) in [7, 11) is 0. The molecule has 5 aromatic rings. The molecule has 2 aromatic carbocycles. The summed E-state index contributed by atoms with van der Waals surface area (Å²) in [5.41, 5.74) is 12.7. The van der Waals surface area contributed by atoms with E-state index in [1.807, 2.05) is 24.5 Å². The minimum atomic E-state index is 0.490. The van der Waals surface area contributed by atoms with Gasteiger partial charge in [-0.15, -0.1) is 0 Å². The van der Waals surface area contributed by atoms with Crippen LogP contribution in [0.4, 0.5) is 17.5 Å². The number of anilines is 3. The van der Waals surface area contributed by atoms with Gasteiger partial charge in [-0.1, -0.05) is 12.1 Å². The molecule has 6 nitrogen and oxygen atoms in total. The minimum absolute atomic E-state index is 0.490. The third-order valence-electron chi connectivity index (χ3n) is 5.09. The highest BCUT2D eigenvalue weighted by Gasteiger charge is 2.09. The molecule has 0 aliphatic rings. The van der Waals surface area contributed by atoms with Gasteiger partial charge in [-0.25, -0.2) is 4.98 Å². The van der Waals surface area contributed by atoms with E-state index in [1.54, 1.807) is 6.20 Å². The highest BCUT2D eigenvalue weighted by molar-refractivity contribution is 5.95. The molecule has 0 fully saturated rings. The number of nitrogens with one attached hydrogen (secondary N) is 3. The number of aromatic nitrogens is 4. The van der Waals surface area contributed by atoms with Gasteiger partial charge in [0, 0.05) is 41.5 Å². The zero-order valence-electron chi connectivity index (χ0n) is 15.5. The lowest BCUT2D eigenvalue weighted by atomic mass is 10.1. The quantitative estimate of drug-likeness (QED) is 0.371. The summed E-state index contributed by atoms with van der Waals surface area (Å²) in [6.07, 6.45) is 6.37. The summed E-state index contributed by atoms with van der Waals surface area (Å²) < 4.78 is 0. The summed E-state index contributed by atoms with van der Waals surface area (Å²) in [6, 6.07) is 14.5. The van der Waals surface area contributed by atoms with Crippen LogP contribution >= 0.6 is 0 Å². The lowest BCUT2D eigenvalue weighted by Gasteiger charge is -2.10. The van der Waals surface area contributed by atoms with Crippen molar-refractivity contribution in [2.75, 3.05) is 11.1 Å². The Balaban J connectivity index is 1.41. The number of nitrogen functional groups attached to an aromatic ring is 1. The summed E-state index contributed by atoms with van der Waals surface area (Å²) in [4.78, 5) is 15.4. The molecule has 0 aliphatic carbocycles. The number of nitrogens with two attached hydrogens (primary N) is 1. The number of nitrogens with zero attached hydrogens (tertiary/aromatic N) is 2. The van der Waals surface area contributed by atoms with E-state index < -0.39 is 0 Å². The monoisotopic (exact) mass is 368 g/mol. The van der Waals surface area contributed by atoms with Gasteiger partial charge in [-0.2, -0.15) is 4.98 Å². The topological polar surface area (TPSA) is 95.4 Å². The predicted octanol–water partition coefficient (Wildman–Crippen LogP) is 4.66. The Morgan fingerprint density at radius 2 is 1.93 bits per heavy atom. The first-order valence-electron chi connectivity index (χ1n) is 9.18. The van der Waals surface area contributed by atoms with Crippen molar-refractivity contribution in [2.45, 2.75) is 13.3 Å². The van der Waals surface area contributed by atoms with E-state index >= 15 is 0 Å². The van der Waals surface area contributed by atoms with Gasteiger partial charge in [-0.3, -0.25) is 0 Å². The van der Waals surface area contributed by atoms with Gasteiger partial charge in [0.05, 0.1) is 11.2 Å². The van der Waals surface area contributed by atoms with Crippen molar-refractivity contribution in [2.24, 2.45) is 0 Å². The molecule has 0 radical (unpaired) electrons. The predicted molar refractivity (Wildman–Crippen MR) is 114 cm³/mol. The average Bonchev–Trinajstić information content (AvgIpc) is 3.36. The van der Waals surface area contributed by atoms with Crippen LogP contribution in [0.3, 0.4) is 0 Å². The fraction of sp³-hybridized carbons (Fsp3) is 0.0909. The molecule has 0 amide bonds. The maximum absolute atomic E-state index is 6.23.